The fraction of sp³-hybridized carbons (Fsp3) is 0.542. The Hall–Kier alpha value is -3.95. The summed E-state index contributed by atoms with van der Waals surface area (Å²) in [5.41, 5.74) is 5.48. The van der Waals surface area contributed by atoms with E-state index in [2.05, 4.69) is 15.6 Å². The lowest BCUT2D eigenvalue weighted by atomic mass is 9.51. The number of carboxylic acid groups (broad SMARTS) is 1. The van der Waals surface area contributed by atoms with Crippen LogP contribution >= 0.6 is 0 Å². The topological polar surface area (TPSA) is 196 Å². The van der Waals surface area contributed by atoms with Crippen LogP contribution in [0.3, 0.4) is 0 Å². The lowest BCUT2D eigenvalue weighted by molar-refractivity contribution is -0.142. The standard InChI is InChI=1S/C24H31BN6O6/c1-25(13-26)9-19(32)30-20(14-5-3-2-4-6-14)23(35)31-12-17(8-18(31)21(27)33)29-22(34)15-7-16(24(36)37)11-28-10-15/h7,10-11,14,17-18,20H,2-6,8-9,12H2,1H3,(H2,27,33)(H,29,34)(H,30,32)(H,36,37). The van der Waals surface area contributed by atoms with Crippen LogP contribution in [0.4, 0.5) is 0 Å². The van der Waals surface area contributed by atoms with Crippen LogP contribution in [0.5, 0.6) is 0 Å². The molecule has 12 nitrogen and oxygen atoms in total. The molecule has 0 spiro atoms. The van der Waals surface area contributed by atoms with Crippen LogP contribution < -0.4 is 16.4 Å². The molecule has 0 aromatic carbocycles. The van der Waals surface area contributed by atoms with Gasteiger partial charge in [0.15, 0.2) is 0 Å². The number of carbonyl (C=O) groups excluding carboxylic acids is 4. The molecule has 2 heterocycles. The zero-order valence-corrected chi connectivity index (χ0v) is 20.7. The van der Waals surface area contributed by atoms with Crippen LogP contribution in [0.25, 0.3) is 0 Å². The van der Waals surface area contributed by atoms with Gasteiger partial charge < -0.3 is 26.4 Å². The Balaban J connectivity index is 1.77. The van der Waals surface area contributed by atoms with E-state index in [1.807, 2.05) is 5.97 Å². The van der Waals surface area contributed by atoms with Crippen LogP contribution in [-0.4, -0.2) is 76.0 Å². The lowest BCUT2D eigenvalue weighted by Crippen LogP contribution is -2.56. The summed E-state index contributed by atoms with van der Waals surface area (Å²) in [5.74, 6) is -1.52. The van der Waals surface area contributed by atoms with Crippen LogP contribution in [0.1, 0.15) is 59.2 Å². The Kier molecular flexibility index (Phi) is 9.22. The van der Waals surface area contributed by atoms with Gasteiger partial charge in [-0.15, -0.1) is 0 Å². The van der Waals surface area contributed by atoms with Crippen molar-refractivity contribution in [3.63, 3.8) is 0 Å². The van der Waals surface area contributed by atoms with E-state index in [9.17, 15) is 24.0 Å². The quantitative estimate of drug-likeness (QED) is 0.338. The van der Waals surface area contributed by atoms with Gasteiger partial charge >= 0.3 is 5.97 Å². The summed E-state index contributed by atoms with van der Waals surface area (Å²) in [6, 6.07) is -1.29. The van der Waals surface area contributed by atoms with Crippen molar-refractivity contribution in [2.75, 3.05) is 6.54 Å². The number of carbonyl (C=O) groups is 5. The Morgan fingerprint density at radius 3 is 2.51 bits per heavy atom. The van der Waals surface area contributed by atoms with E-state index >= 15 is 0 Å². The molecule has 1 saturated carbocycles. The number of aromatic carboxylic acids is 1. The van der Waals surface area contributed by atoms with Crippen LogP contribution in [-0.2, 0) is 14.4 Å². The molecular weight excluding hydrogens is 479 g/mol. The van der Waals surface area contributed by atoms with Gasteiger partial charge in [-0.2, -0.15) is 0 Å². The number of aromatic nitrogens is 1. The fourth-order valence-corrected chi connectivity index (χ4v) is 4.99. The number of primary amides is 1. The second kappa shape index (κ2) is 12.3. The minimum atomic E-state index is -1.23. The first kappa shape index (κ1) is 27.6. The van der Waals surface area contributed by atoms with Crippen molar-refractivity contribution in [1.82, 2.24) is 20.5 Å². The molecule has 2 fully saturated rings. The van der Waals surface area contributed by atoms with Gasteiger partial charge in [-0.1, -0.05) is 26.1 Å². The smallest absolute Gasteiger partial charge is 0.337 e. The highest BCUT2D eigenvalue weighted by Gasteiger charge is 2.43. The van der Waals surface area contributed by atoms with Gasteiger partial charge in [0, 0.05) is 37.3 Å². The zero-order valence-electron chi connectivity index (χ0n) is 20.7. The third-order valence-corrected chi connectivity index (χ3v) is 6.91. The summed E-state index contributed by atoms with van der Waals surface area (Å²) in [6.45, 7) is 1.11. The minimum Gasteiger partial charge on any atom is -0.478 e. The van der Waals surface area contributed by atoms with Crippen molar-refractivity contribution < 1.29 is 29.1 Å². The summed E-state index contributed by atoms with van der Waals surface area (Å²) in [4.78, 5) is 67.6. The van der Waals surface area contributed by atoms with E-state index in [4.69, 9.17) is 16.1 Å². The normalized spacial score (nSPS) is 20.4. The number of nitriles is 1. The van der Waals surface area contributed by atoms with Gasteiger partial charge in [0.25, 0.3) is 12.6 Å². The number of pyridine rings is 1. The van der Waals surface area contributed by atoms with Crippen molar-refractivity contribution in [3.8, 4) is 5.97 Å². The maximum Gasteiger partial charge on any atom is 0.337 e. The van der Waals surface area contributed by atoms with Crippen LogP contribution in [0.15, 0.2) is 18.5 Å². The number of nitrogens with two attached hydrogens (primary N) is 1. The number of hydrogen-bond donors (Lipinski definition) is 4. The molecule has 1 aromatic heterocycles. The predicted octanol–water partition coefficient (Wildman–Crippen LogP) is 0.217. The lowest BCUT2D eigenvalue weighted by Gasteiger charge is -2.34. The summed E-state index contributed by atoms with van der Waals surface area (Å²) < 4.78 is 0. The second-order valence-electron chi connectivity index (χ2n) is 9.76. The molecule has 2 aliphatic rings. The zero-order chi connectivity index (χ0) is 27.1. The SMILES string of the molecule is CB(C#N)CC(=O)NC(C(=O)N1CC(NC(=O)c2cncc(C(=O)O)c2)CC1C(N)=O)C1CCCCC1. The number of amides is 4. The Bertz CT molecular complexity index is 1100. The monoisotopic (exact) mass is 510 g/mol. The van der Waals surface area contributed by atoms with E-state index in [1.54, 1.807) is 6.82 Å². The molecule has 1 saturated heterocycles. The maximum atomic E-state index is 13.7. The van der Waals surface area contributed by atoms with E-state index in [0.29, 0.717) is 0 Å². The first-order chi connectivity index (χ1) is 17.6. The van der Waals surface area contributed by atoms with Gasteiger partial charge in [0.2, 0.25) is 17.7 Å². The van der Waals surface area contributed by atoms with Crippen molar-refractivity contribution in [1.29, 1.82) is 5.26 Å². The molecule has 37 heavy (non-hydrogen) atoms. The van der Waals surface area contributed by atoms with Gasteiger partial charge in [-0.25, -0.2) is 10.1 Å². The molecule has 3 unspecified atom stereocenters. The van der Waals surface area contributed by atoms with Crippen molar-refractivity contribution >= 4 is 36.3 Å². The number of nitrogens with zero attached hydrogens (tertiary/aromatic N) is 3. The molecule has 4 amide bonds. The average Bonchev–Trinajstić information content (AvgIpc) is 3.31. The largest absolute Gasteiger partial charge is 0.478 e. The number of nitrogens with one attached hydrogen (secondary N) is 2. The highest BCUT2D eigenvalue weighted by atomic mass is 16.4. The number of carboxylic acids is 1. The molecular formula is C24H31BN6O6. The van der Waals surface area contributed by atoms with Crippen molar-refractivity contribution in [2.45, 2.75) is 69.8 Å². The first-order valence-corrected chi connectivity index (χ1v) is 12.4. The van der Waals surface area contributed by atoms with Crippen LogP contribution in [0, 0.1) is 17.1 Å². The molecule has 196 valence electrons. The maximum absolute atomic E-state index is 13.7. The second-order valence-corrected chi connectivity index (χ2v) is 9.76. The van der Waals surface area contributed by atoms with E-state index in [0.717, 1.165) is 38.3 Å². The summed E-state index contributed by atoms with van der Waals surface area (Å²) in [7, 11) is 0. The van der Waals surface area contributed by atoms with E-state index in [-0.39, 0.29) is 36.3 Å². The number of rotatable bonds is 9. The fourth-order valence-electron chi connectivity index (χ4n) is 4.99. The summed E-state index contributed by atoms with van der Waals surface area (Å²) in [5, 5.41) is 23.7. The van der Waals surface area contributed by atoms with E-state index in [1.165, 1.54) is 17.2 Å². The Morgan fingerprint density at radius 1 is 1.22 bits per heavy atom. The average molecular weight is 510 g/mol. The molecule has 1 aromatic rings. The van der Waals surface area contributed by atoms with E-state index < -0.39 is 54.4 Å². The summed E-state index contributed by atoms with van der Waals surface area (Å²) in [6.07, 6.45) is 6.73. The van der Waals surface area contributed by atoms with Gasteiger partial charge in [-0.05, 0) is 31.2 Å². The van der Waals surface area contributed by atoms with Crippen molar-refractivity contribution in [3.05, 3.63) is 29.6 Å². The van der Waals surface area contributed by atoms with Gasteiger partial charge in [0.05, 0.1) is 11.1 Å². The Morgan fingerprint density at radius 2 is 1.89 bits per heavy atom. The molecule has 0 radical (unpaired) electrons. The minimum absolute atomic E-state index is 0.00206. The summed E-state index contributed by atoms with van der Waals surface area (Å²) >= 11 is 0. The third kappa shape index (κ3) is 7.06. The molecule has 3 rings (SSSR count). The first-order valence-electron chi connectivity index (χ1n) is 12.4. The molecule has 5 N–H and O–H groups in total. The molecule has 3 atom stereocenters. The van der Waals surface area contributed by atoms with Crippen molar-refractivity contribution in [2.24, 2.45) is 11.7 Å². The number of likely N-dealkylation sites (tertiary alicyclic amines) is 1. The van der Waals surface area contributed by atoms with Gasteiger partial charge in [0.1, 0.15) is 12.1 Å². The predicted molar refractivity (Wildman–Crippen MR) is 132 cm³/mol. The molecule has 13 heteroatoms. The molecule has 0 bridgehead atoms. The van der Waals surface area contributed by atoms with Gasteiger partial charge in [-0.3, -0.25) is 24.2 Å². The molecule has 1 aliphatic carbocycles. The highest BCUT2D eigenvalue weighted by Crippen LogP contribution is 2.29. The molecule has 1 aliphatic heterocycles. The third-order valence-electron chi connectivity index (χ3n) is 6.91. The van der Waals surface area contributed by atoms with Crippen LogP contribution in [0.2, 0.25) is 13.1 Å². The highest BCUT2D eigenvalue weighted by molar-refractivity contribution is 6.68. The Labute approximate surface area is 215 Å². The number of hydrogen-bond acceptors (Lipinski definition) is 7.